The number of hydrogen-bond donors (Lipinski definition) is 1. The van der Waals surface area contributed by atoms with Gasteiger partial charge in [0.05, 0.1) is 22.0 Å². The number of nitro groups is 1. The molecule has 2 aliphatic rings. The molecule has 0 unspecified atom stereocenters. The fourth-order valence-corrected chi connectivity index (χ4v) is 5.19. The molecule has 0 bridgehead atoms. The number of fused-ring (bicyclic) bond motifs is 1. The van der Waals surface area contributed by atoms with Crippen LogP contribution >= 0.6 is 0 Å². The molecule has 2 atom stereocenters. The average Bonchev–Trinajstić information content (AvgIpc) is 3.16. The van der Waals surface area contributed by atoms with E-state index in [0.29, 0.717) is 13.1 Å². The van der Waals surface area contributed by atoms with Crippen LogP contribution in [-0.2, 0) is 14.8 Å². The molecule has 10 heteroatoms. The molecule has 142 valence electrons. The van der Waals surface area contributed by atoms with Gasteiger partial charge in [-0.05, 0) is 44.8 Å². The number of carbonyl (C=O) groups excluding carboxylic acids is 1. The first kappa shape index (κ1) is 18.7. The van der Waals surface area contributed by atoms with E-state index < -0.39 is 26.6 Å². The first-order valence-corrected chi connectivity index (χ1v) is 9.86. The first-order chi connectivity index (χ1) is 12.3. The van der Waals surface area contributed by atoms with Gasteiger partial charge in [-0.3, -0.25) is 10.1 Å². The lowest BCUT2D eigenvalue weighted by Gasteiger charge is -2.18. The molecule has 2 saturated heterocycles. The van der Waals surface area contributed by atoms with Crippen molar-refractivity contribution >= 4 is 21.7 Å². The van der Waals surface area contributed by atoms with Gasteiger partial charge in [0.25, 0.3) is 5.69 Å². The number of esters is 1. The molecule has 1 aromatic rings. The molecule has 26 heavy (non-hydrogen) atoms. The van der Waals surface area contributed by atoms with Crippen molar-refractivity contribution in [3.05, 3.63) is 33.4 Å². The highest BCUT2D eigenvalue weighted by atomic mass is 32.2. The van der Waals surface area contributed by atoms with Crippen LogP contribution in [0, 0.1) is 28.9 Å². The predicted molar refractivity (Wildman–Crippen MR) is 92.4 cm³/mol. The molecular formula is C16H21N3O6S. The Hall–Kier alpha value is -2.04. The van der Waals surface area contributed by atoms with Crippen molar-refractivity contribution in [2.24, 2.45) is 11.8 Å². The average molecular weight is 383 g/mol. The van der Waals surface area contributed by atoms with Crippen molar-refractivity contribution in [1.29, 1.82) is 0 Å². The molecule has 0 radical (unpaired) electrons. The Morgan fingerprint density at radius 3 is 2.50 bits per heavy atom. The standard InChI is InChI=1S/C16H21N3O6S/c1-3-25-16(20)14-4-13(5-15(10(14)2)19(21)22)26(23,24)18-8-11-6-17-7-12(11)9-18/h4-5,11-12,17H,3,6-9H2,1-2H3/t11-,12+. The van der Waals surface area contributed by atoms with Gasteiger partial charge >= 0.3 is 5.97 Å². The number of rotatable bonds is 5. The second-order valence-electron chi connectivity index (χ2n) is 6.59. The smallest absolute Gasteiger partial charge is 0.338 e. The molecular weight excluding hydrogens is 362 g/mol. The number of hydrogen-bond acceptors (Lipinski definition) is 7. The zero-order valence-electron chi connectivity index (χ0n) is 14.6. The summed E-state index contributed by atoms with van der Waals surface area (Å²) in [5, 5.41) is 14.6. The predicted octanol–water partition coefficient (Wildman–Crippen LogP) is 0.920. The van der Waals surface area contributed by atoms with Crippen molar-refractivity contribution in [3.63, 3.8) is 0 Å². The topological polar surface area (TPSA) is 119 Å². The molecule has 0 aromatic heterocycles. The number of nitrogens with one attached hydrogen (secondary N) is 1. The Balaban J connectivity index is 2.03. The van der Waals surface area contributed by atoms with Crippen LogP contribution in [-0.4, -0.2) is 56.4 Å². The summed E-state index contributed by atoms with van der Waals surface area (Å²) in [5.74, 6) is -0.280. The highest BCUT2D eigenvalue weighted by Crippen LogP contribution is 2.33. The number of nitrogens with zero attached hydrogens (tertiary/aromatic N) is 2. The van der Waals surface area contributed by atoms with E-state index in [1.165, 1.54) is 17.3 Å². The highest BCUT2D eigenvalue weighted by Gasteiger charge is 2.42. The second kappa shape index (κ2) is 6.93. The van der Waals surface area contributed by atoms with Crippen molar-refractivity contribution in [1.82, 2.24) is 9.62 Å². The summed E-state index contributed by atoms with van der Waals surface area (Å²) < 4.78 is 32.3. The minimum Gasteiger partial charge on any atom is -0.462 e. The van der Waals surface area contributed by atoms with Gasteiger partial charge in [-0.1, -0.05) is 0 Å². The molecule has 2 fully saturated rings. The fourth-order valence-electron chi connectivity index (χ4n) is 3.59. The van der Waals surface area contributed by atoms with Crippen LogP contribution in [0.2, 0.25) is 0 Å². The number of sulfonamides is 1. The number of benzene rings is 1. The van der Waals surface area contributed by atoms with Crippen LogP contribution in [0.15, 0.2) is 17.0 Å². The van der Waals surface area contributed by atoms with Crippen molar-refractivity contribution in [3.8, 4) is 0 Å². The molecule has 3 rings (SSSR count). The summed E-state index contributed by atoms with van der Waals surface area (Å²) >= 11 is 0. The Bertz CT molecular complexity index is 842. The van der Waals surface area contributed by atoms with E-state index >= 15 is 0 Å². The Labute approximate surface area is 151 Å². The normalized spacial score (nSPS) is 23.0. The summed E-state index contributed by atoms with van der Waals surface area (Å²) in [6, 6.07) is 2.21. The van der Waals surface area contributed by atoms with Gasteiger partial charge in [0, 0.05) is 24.7 Å². The summed E-state index contributed by atoms with van der Waals surface area (Å²) in [7, 11) is -3.93. The van der Waals surface area contributed by atoms with Gasteiger partial charge in [-0.15, -0.1) is 0 Å². The molecule has 2 heterocycles. The van der Waals surface area contributed by atoms with Crippen LogP contribution < -0.4 is 5.32 Å². The quantitative estimate of drug-likeness (QED) is 0.456. The van der Waals surface area contributed by atoms with Crippen molar-refractivity contribution < 1.29 is 22.9 Å². The van der Waals surface area contributed by atoms with Crippen molar-refractivity contribution in [2.45, 2.75) is 18.7 Å². The van der Waals surface area contributed by atoms with Gasteiger partial charge in [0.1, 0.15) is 0 Å². The lowest BCUT2D eigenvalue weighted by atomic mass is 10.0. The Kier molecular flexibility index (Phi) is 5.00. The largest absolute Gasteiger partial charge is 0.462 e. The summed E-state index contributed by atoms with van der Waals surface area (Å²) in [5.41, 5.74) is -0.411. The van der Waals surface area contributed by atoms with Crippen LogP contribution in [0.3, 0.4) is 0 Å². The minimum atomic E-state index is -3.93. The van der Waals surface area contributed by atoms with Gasteiger partial charge < -0.3 is 10.1 Å². The van der Waals surface area contributed by atoms with E-state index in [4.69, 9.17) is 4.74 Å². The van der Waals surface area contributed by atoms with Gasteiger partial charge in [0.15, 0.2) is 0 Å². The third-order valence-electron chi connectivity index (χ3n) is 5.04. The molecule has 1 N–H and O–H groups in total. The van der Waals surface area contributed by atoms with Crippen molar-refractivity contribution in [2.75, 3.05) is 32.8 Å². The third kappa shape index (κ3) is 3.19. The molecule has 0 spiro atoms. The maximum Gasteiger partial charge on any atom is 0.338 e. The zero-order valence-corrected chi connectivity index (χ0v) is 15.4. The fraction of sp³-hybridized carbons (Fsp3) is 0.562. The molecule has 0 aliphatic carbocycles. The summed E-state index contributed by atoms with van der Waals surface area (Å²) in [6.45, 7) is 5.38. The van der Waals surface area contributed by atoms with Gasteiger partial charge in [0.2, 0.25) is 10.0 Å². The third-order valence-corrected chi connectivity index (χ3v) is 6.85. The Morgan fingerprint density at radius 2 is 1.96 bits per heavy atom. The van der Waals surface area contributed by atoms with E-state index in [2.05, 4.69) is 5.32 Å². The lowest BCUT2D eigenvalue weighted by Crippen LogP contribution is -2.32. The van der Waals surface area contributed by atoms with Crippen LogP contribution in [0.1, 0.15) is 22.8 Å². The van der Waals surface area contributed by atoms with Gasteiger partial charge in [-0.2, -0.15) is 4.31 Å². The van der Waals surface area contributed by atoms with Gasteiger partial charge in [-0.25, -0.2) is 13.2 Å². The van der Waals surface area contributed by atoms with E-state index in [1.807, 2.05) is 0 Å². The number of ether oxygens (including phenoxy) is 1. The van der Waals surface area contributed by atoms with Crippen LogP contribution in [0.4, 0.5) is 5.69 Å². The zero-order chi connectivity index (χ0) is 19.1. The van der Waals surface area contributed by atoms with E-state index in [1.54, 1.807) is 6.92 Å². The first-order valence-electron chi connectivity index (χ1n) is 8.42. The molecule has 0 saturated carbocycles. The second-order valence-corrected chi connectivity index (χ2v) is 8.53. The van der Waals surface area contributed by atoms with Crippen LogP contribution in [0.5, 0.6) is 0 Å². The van der Waals surface area contributed by atoms with E-state index in [9.17, 15) is 23.3 Å². The SMILES string of the molecule is CCOC(=O)c1cc(S(=O)(=O)N2C[C@H]3CNC[C@H]3C2)cc([N+](=O)[O-])c1C. The molecule has 2 aliphatic heterocycles. The maximum atomic E-state index is 13.0. The highest BCUT2D eigenvalue weighted by molar-refractivity contribution is 7.89. The molecule has 1 aromatic carbocycles. The van der Waals surface area contributed by atoms with Crippen LogP contribution in [0.25, 0.3) is 0 Å². The molecule has 9 nitrogen and oxygen atoms in total. The minimum absolute atomic E-state index is 0.0888. The lowest BCUT2D eigenvalue weighted by molar-refractivity contribution is -0.385. The monoisotopic (exact) mass is 383 g/mol. The molecule has 0 amide bonds. The number of carbonyl (C=O) groups is 1. The summed E-state index contributed by atoms with van der Waals surface area (Å²) in [6.07, 6.45) is 0. The summed E-state index contributed by atoms with van der Waals surface area (Å²) in [4.78, 5) is 22.6. The maximum absolute atomic E-state index is 13.0. The van der Waals surface area contributed by atoms with E-state index in [0.717, 1.165) is 19.2 Å². The number of nitro benzene ring substituents is 1. The Morgan fingerprint density at radius 1 is 1.35 bits per heavy atom. The van der Waals surface area contributed by atoms with E-state index in [-0.39, 0.29) is 34.5 Å².